The van der Waals surface area contributed by atoms with Crippen molar-refractivity contribution in [3.8, 4) is 6.07 Å². The molecule has 82 valence electrons. The summed E-state index contributed by atoms with van der Waals surface area (Å²) in [6.07, 6.45) is 2.10. The standard InChI is InChI=1S/C13H12FNO/c14-11-4-1-3-10(7-11)13(9-15)6-2-5-12(16)8-13/h1,3-4,7H,2,5-6,8H2. The van der Waals surface area contributed by atoms with Crippen LogP contribution in [-0.2, 0) is 10.2 Å². The van der Waals surface area contributed by atoms with Crippen LogP contribution < -0.4 is 0 Å². The van der Waals surface area contributed by atoms with E-state index in [1.807, 2.05) is 0 Å². The van der Waals surface area contributed by atoms with Gasteiger partial charge in [-0.2, -0.15) is 5.26 Å². The summed E-state index contributed by atoms with van der Waals surface area (Å²) in [4.78, 5) is 11.5. The highest BCUT2D eigenvalue weighted by Gasteiger charge is 2.37. The minimum Gasteiger partial charge on any atom is -0.300 e. The number of hydrogen-bond donors (Lipinski definition) is 0. The van der Waals surface area contributed by atoms with Gasteiger partial charge in [0.1, 0.15) is 11.6 Å². The number of nitrogens with zero attached hydrogens (tertiary/aromatic N) is 1. The van der Waals surface area contributed by atoms with E-state index in [-0.39, 0.29) is 18.0 Å². The van der Waals surface area contributed by atoms with E-state index in [2.05, 4.69) is 6.07 Å². The Morgan fingerprint density at radius 3 is 2.88 bits per heavy atom. The van der Waals surface area contributed by atoms with Crippen LogP contribution in [-0.4, -0.2) is 5.78 Å². The van der Waals surface area contributed by atoms with Crippen LogP contribution in [0.15, 0.2) is 24.3 Å². The monoisotopic (exact) mass is 217 g/mol. The first-order valence-corrected chi connectivity index (χ1v) is 5.35. The molecule has 1 aliphatic rings. The Hall–Kier alpha value is -1.69. The van der Waals surface area contributed by atoms with E-state index in [4.69, 9.17) is 0 Å². The Balaban J connectivity index is 2.42. The first-order valence-electron chi connectivity index (χ1n) is 5.35. The molecule has 0 aromatic heterocycles. The fraction of sp³-hybridized carbons (Fsp3) is 0.385. The molecule has 0 amide bonds. The van der Waals surface area contributed by atoms with Crippen LogP contribution in [0.3, 0.4) is 0 Å². The summed E-state index contributed by atoms with van der Waals surface area (Å²) in [6.45, 7) is 0. The molecular formula is C13H12FNO. The van der Waals surface area contributed by atoms with E-state index < -0.39 is 5.41 Å². The van der Waals surface area contributed by atoms with Crippen molar-refractivity contribution in [1.82, 2.24) is 0 Å². The molecule has 0 saturated heterocycles. The zero-order chi connectivity index (χ0) is 11.6. The summed E-state index contributed by atoms with van der Waals surface area (Å²) >= 11 is 0. The van der Waals surface area contributed by atoms with Crippen LogP contribution in [0.4, 0.5) is 4.39 Å². The Bertz CT molecular complexity index is 463. The van der Waals surface area contributed by atoms with Gasteiger partial charge in [-0.05, 0) is 30.5 Å². The maximum Gasteiger partial charge on any atom is 0.134 e. The van der Waals surface area contributed by atoms with Crippen molar-refractivity contribution in [2.24, 2.45) is 0 Å². The highest BCUT2D eigenvalue weighted by molar-refractivity contribution is 5.81. The lowest BCUT2D eigenvalue weighted by atomic mass is 9.70. The molecule has 0 aliphatic heterocycles. The van der Waals surface area contributed by atoms with Gasteiger partial charge in [0.2, 0.25) is 0 Å². The Kier molecular flexibility index (Phi) is 2.74. The Morgan fingerprint density at radius 2 is 2.25 bits per heavy atom. The third kappa shape index (κ3) is 1.83. The smallest absolute Gasteiger partial charge is 0.134 e. The van der Waals surface area contributed by atoms with Gasteiger partial charge in [0.25, 0.3) is 0 Å². The van der Waals surface area contributed by atoms with E-state index in [0.717, 1.165) is 0 Å². The molecule has 1 saturated carbocycles. The Morgan fingerprint density at radius 1 is 1.44 bits per heavy atom. The van der Waals surface area contributed by atoms with Gasteiger partial charge in [-0.3, -0.25) is 4.79 Å². The molecule has 1 aromatic carbocycles. The highest BCUT2D eigenvalue weighted by Crippen LogP contribution is 2.37. The molecular weight excluding hydrogens is 205 g/mol. The average Bonchev–Trinajstić information content (AvgIpc) is 2.29. The fourth-order valence-corrected chi connectivity index (χ4v) is 2.29. The SMILES string of the molecule is N#CC1(c2cccc(F)c2)CCCC(=O)C1. The predicted octanol–water partition coefficient (Wildman–Crippen LogP) is 2.73. The number of ketones is 1. The average molecular weight is 217 g/mol. The molecule has 16 heavy (non-hydrogen) atoms. The number of carbonyl (C=O) groups is 1. The number of hydrogen-bond acceptors (Lipinski definition) is 2. The minimum atomic E-state index is -0.808. The summed E-state index contributed by atoms with van der Waals surface area (Å²) in [5, 5.41) is 9.28. The van der Waals surface area contributed by atoms with E-state index in [0.29, 0.717) is 24.8 Å². The second-order valence-electron chi connectivity index (χ2n) is 4.27. The molecule has 0 N–H and O–H groups in total. The molecule has 3 heteroatoms. The zero-order valence-corrected chi connectivity index (χ0v) is 8.87. The lowest BCUT2D eigenvalue weighted by molar-refractivity contribution is -0.121. The van der Waals surface area contributed by atoms with Gasteiger partial charge in [-0.15, -0.1) is 0 Å². The van der Waals surface area contributed by atoms with Crippen LogP contribution in [0.2, 0.25) is 0 Å². The van der Waals surface area contributed by atoms with Gasteiger partial charge in [0.05, 0.1) is 11.5 Å². The van der Waals surface area contributed by atoms with Gasteiger partial charge in [-0.25, -0.2) is 4.39 Å². The molecule has 0 heterocycles. The van der Waals surface area contributed by atoms with Crippen LogP contribution in [0, 0.1) is 17.1 Å². The van der Waals surface area contributed by atoms with Crippen molar-refractivity contribution in [3.63, 3.8) is 0 Å². The number of nitriles is 1. The molecule has 1 aromatic rings. The first-order chi connectivity index (χ1) is 7.66. The largest absolute Gasteiger partial charge is 0.300 e. The minimum absolute atomic E-state index is 0.0945. The van der Waals surface area contributed by atoms with E-state index >= 15 is 0 Å². The van der Waals surface area contributed by atoms with Crippen molar-refractivity contribution in [1.29, 1.82) is 5.26 Å². The Labute approximate surface area is 93.7 Å². The van der Waals surface area contributed by atoms with E-state index in [1.54, 1.807) is 12.1 Å². The molecule has 0 bridgehead atoms. The summed E-state index contributed by atoms with van der Waals surface area (Å²) in [5.41, 5.74) is -0.180. The second-order valence-corrected chi connectivity index (χ2v) is 4.27. The molecule has 0 spiro atoms. The van der Waals surface area contributed by atoms with E-state index in [1.165, 1.54) is 12.1 Å². The van der Waals surface area contributed by atoms with Crippen LogP contribution >= 0.6 is 0 Å². The van der Waals surface area contributed by atoms with Crippen LogP contribution in [0.25, 0.3) is 0 Å². The highest BCUT2D eigenvalue weighted by atomic mass is 19.1. The third-order valence-corrected chi connectivity index (χ3v) is 3.15. The topological polar surface area (TPSA) is 40.9 Å². The molecule has 0 radical (unpaired) electrons. The predicted molar refractivity (Wildman–Crippen MR) is 57.2 cm³/mol. The summed E-state index contributed by atoms with van der Waals surface area (Å²) in [6, 6.07) is 8.23. The first kappa shape index (κ1) is 10.8. The number of Topliss-reactive ketones (excluding diaryl/α,β-unsaturated/α-hetero) is 1. The quantitative estimate of drug-likeness (QED) is 0.725. The summed E-state index contributed by atoms with van der Waals surface area (Å²) in [5.74, 6) is -0.262. The third-order valence-electron chi connectivity index (χ3n) is 3.15. The maximum absolute atomic E-state index is 13.1. The lowest BCUT2D eigenvalue weighted by Crippen LogP contribution is -2.31. The number of rotatable bonds is 1. The van der Waals surface area contributed by atoms with Crippen molar-refractivity contribution >= 4 is 5.78 Å². The van der Waals surface area contributed by atoms with Gasteiger partial charge in [-0.1, -0.05) is 12.1 Å². The van der Waals surface area contributed by atoms with Crippen molar-refractivity contribution < 1.29 is 9.18 Å². The van der Waals surface area contributed by atoms with Gasteiger partial charge in [0.15, 0.2) is 0 Å². The number of carbonyl (C=O) groups excluding carboxylic acids is 1. The van der Waals surface area contributed by atoms with Gasteiger partial charge < -0.3 is 0 Å². The summed E-state index contributed by atoms with van der Waals surface area (Å²) < 4.78 is 13.1. The summed E-state index contributed by atoms with van der Waals surface area (Å²) in [7, 11) is 0. The van der Waals surface area contributed by atoms with Crippen molar-refractivity contribution in [3.05, 3.63) is 35.6 Å². The number of halogens is 1. The normalized spacial score (nSPS) is 25.1. The van der Waals surface area contributed by atoms with Crippen LogP contribution in [0.1, 0.15) is 31.2 Å². The van der Waals surface area contributed by atoms with E-state index in [9.17, 15) is 14.4 Å². The zero-order valence-electron chi connectivity index (χ0n) is 8.87. The number of benzene rings is 1. The molecule has 2 rings (SSSR count). The maximum atomic E-state index is 13.1. The molecule has 1 unspecified atom stereocenters. The van der Waals surface area contributed by atoms with Gasteiger partial charge in [0, 0.05) is 12.8 Å². The second kappa shape index (κ2) is 4.05. The van der Waals surface area contributed by atoms with Gasteiger partial charge >= 0.3 is 0 Å². The fourth-order valence-electron chi connectivity index (χ4n) is 2.29. The molecule has 2 nitrogen and oxygen atoms in total. The molecule has 1 atom stereocenters. The van der Waals surface area contributed by atoms with Crippen LogP contribution in [0.5, 0.6) is 0 Å². The molecule has 1 fully saturated rings. The van der Waals surface area contributed by atoms with Crippen molar-refractivity contribution in [2.75, 3.05) is 0 Å². The lowest BCUT2D eigenvalue weighted by Gasteiger charge is -2.30. The van der Waals surface area contributed by atoms with Crippen molar-refractivity contribution in [2.45, 2.75) is 31.1 Å². The molecule has 1 aliphatic carbocycles.